The lowest BCUT2D eigenvalue weighted by Crippen LogP contribution is -2.34. The van der Waals surface area contributed by atoms with Gasteiger partial charge in [0, 0.05) is 12.6 Å². The Hall–Kier alpha value is -0.100. The highest BCUT2D eigenvalue weighted by Gasteiger charge is 2.82. The molecule has 0 amide bonds. The highest BCUT2D eigenvalue weighted by atomic mass is 127. The zero-order valence-corrected chi connectivity index (χ0v) is 17.6. The molecule has 2 heteroatoms. The highest BCUT2D eigenvalue weighted by molar-refractivity contribution is 14.1. The Labute approximate surface area is 165 Å². The van der Waals surface area contributed by atoms with Crippen LogP contribution in [-0.2, 0) is 10.8 Å². The van der Waals surface area contributed by atoms with Gasteiger partial charge >= 0.3 is 0 Å². The maximum atomic E-state index is 2.52. The monoisotopic (exact) mass is 526 g/mol. The molecule has 2 aromatic carbocycles. The fraction of sp³-hybridized carbons (Fsp3) is 0.429. The second-order valence-electron chi connectivity index (χ2n) is 8.27. The van der Waals surface area contributed by atoms with E-state index >= 15 is 0 Å². The van der Waals surface area contributed by atoms with Gasteiger partial charge in [-0.15, -0.1) is 0 Å². The highest BCUT2D eigenvalue weighted by Crippen LogP contribution is 2.88. The van der Waals surface area contributed by atoms with Gasteiger partial charge in [-0.05, 0) is 123 Å². The molecule has 2 aromatic rings. The van der Waals surface area contributed by atoms with Crippen LogP contribution in [0.25, 0.3) is 0 Å². The van der Waals surface area contributed by atoms with Gasteiger partial charge in [-0.3, -0.25) is 0 Å². The predicted molar refractivity (Wildman–Crippen MR) is 112 cm³/mol. The minimum atomic E-state index is 0.342. The van der Waals surface area contributed by atoms with Gasteiger partial charge in [-0.2, -0.15) is 0 Å². The fourth-order valence-corrected chi connectivity index (χ4v) is 6.52. The van der Waals surface area contributed by atoms with Crippen molar-refractivity contribution in [2.75, 3.05) is 0 Å². The lowest BCUT2D eigenvalue weighted by molar-refractivity contribution is 0.271. The molecule has 0 aliphatic heterocycles. The lowest BCUT2D eigenvalue weighted by atomic mass is 9.65. The Kier molecular flexibility index (Phi) is 3.13. The SMILES string of the molecule is CC1(c2ccc(I)cc2)CC2CC23CC3(c2ccc(I)cc2)C1. The third-order valence-electron chi connectivity index (χ3n) is 7.00. The van der Waals surface area contributed by atoms with E-state index < -0.39 is 0 Å². The maximum absolute atomic E-state index is 2.52. The largest absolute Gasteiger partial charge is 0.0574 e. The van der Waals surface area contributed by atoms with Crippen LogP contribution < -0.4 is 0 Å². The summed E-state index contributed by atoms with van der Waals surface area (Å²) in [5, 5.41) is 0. The van der Waals surface area contributed by atoms with E-state index in [0.717, 1.165) is 5.92 Å². The molecule has 5 rings (SSSR count). The van der Waals surface area contributed by atoms with Crippen molar-refractivity contribution in [3.05, 3.63) is 66.8 Å². The number of benzene rings is 2. The molecule has 0 aromatic heterocycles. The third kappa shape index (κ3) is 2.06. The summed E-state index contributed by atoms with van der Waals surface area (Å²) in [4.78, 5) is 0. The molecule has 0 bridgehead atoms. The van der Waals surface area contributed by atoms with Gasteiger partial charge in [0.1, 0.15) is 0 Å². The van der Waals surface area contributed by atoms with Crippen molar-refractivity contribution >= 4 is 45.2 Å². The average molecular weight is 526 g/mol. The Balaban J connectivity index is 1.55. The predicted octanol–water partition coefficient (Wildman–Crippen LogP) is 6.30. The number of halogens is 2. The molecule has 0 heterocycles. The molecule has 4 unspecified atom stereocenters. The summed E-state index contributed by atoms with van der Waals surface area (Å²) in [5.41, 5.74) is 4.65. The van der Waals surface area contributed by atoms with Crippen molar-refractivity contribution in [1.82, 2.24) is 0 Å². The lowest BCUT2D eigenvalue weighted by Gasteiger charge is -2.39. The van der Waals surface area contributed by atoms with Gasteiger partial charge < -0.3 is 0 Å². The van der Waals surface area contributed by atoms with E-state index in [-0.39, 0.29) is 0 Å². The van der Waals surface area contributed by atoms with Crippen LogP contribution in [0.2, 0.25) is 0 Å². The first kappa shape index (κ1) is 15.2. The molecule has 3 fully saturated rings. The topological polar surface area (TPSA) is 0 Å². The molecule has 0 N–H and O–H groups in total. The van der Waals surface area contributed by atoms with Gasteiger partial charge in [-0.1, -0.05) is 31.2 Å². The Morgan fingerprint density at radius 1 is 0.783 bits per heavy atom. The quantitative estimate of drug-likeness (QED) is 0.404. The van der Waals surface area contributed by atoms with Crippen LogP contribution in [0.1, 0.15) is 43.7 Å². The summed E-state index contributed by atoms with van der Waals surface area (Å²) in [6, 6.07) is 18.7. The van der Waals surface area contributed by atoms with Crippen LogP contribution in [0.3, 0.4) is 0 Å². The van der Waals surface area contributed by atoms with Gasteiger partial charge in [0.2, 0.25) is 0 Å². The Bertz CT molecular complexity index is 778. The Morgan fingerprint density at radius 2 is 1.35 bits per heavy atom. The summed E-state index contributed by atoms with van der Waals surface area (Å²) in [7, 11) is 0. The number of rotatable bonds is 2. The van der Waals surface area contributed by atoms with Crippen molar-refractivity contribution in [2.45, 2.75) is 43.4 Å². The van der Waals surface area contributed by atoms with Crippen molar-refractivity contribution in [2.24, 2.45) is 11.3 Å². The molecule has 1 spiro atoms. The van der Waals surface area contributed by atoms with Crippen molar-refractivity contribution in [3.8, 4) is 0 Å². The minimum Gasteiger partial charge on any atom is -0.0574 e. The summed E-state index contributed by atoms with van der Waals surface area (Å²) in [6.45, 7) is 2.52. The van der Waals surface area contributed by atoms with Gasteiger partial charge in [0.25, 0.3) is 0 Å². The van der Waals surface area contributed by atoms with Crippen LogP contribution in [0.15, 0.2) is 48.5 Å². The molecule has 3 aliphatic rings. The standard InChI is InChI=1S/C21H20I2/c1-19(14-2-6-17(22)7-3-14)10-16-11-20(16)13-21(20,12-19)15-4-8-18(23)9-5-15/h2-9,16H,10-13H2,1H3. The number of hydrogen-bond acceptors (Lipinski definition) is 0. The molecule has 0 saturated heterocycles. The first-order valence-corrected chi connectivity index (χ1v) is 10.7. The summed E-state index contributed by atoms with van der Waals surface area (Å²) in [6.07, 6.45) is 5.63. The Morgan fingerprint density at radius 3 is 1.96 bits per heavy atom. The molecular formula is C21H20I2. The normalized spacial score (nSPS) is 40.2. The molecule has 0 nitrogen and oxygen atoms in total. The van der Waals surface area contributed by atoms with E-state index in [2.05, 4.69) is 101 Å². The van der Waals surface area contributed by atoms with Crippen LogP contribution in [-0.4, -0.2) is 0 Å². The average Bonchev–Trinajstić information content (AvgIpc) is 3.38. The summed E-state index contributed by atoms with van der Waals surface area (Å²) >= 11 is 4.83. The molecule has 0 radical (unpaired) electrons. The van der Waals surface area contributed by atoms with E-state index in [1.54, 1.807) is 11.1 Å². The first-order valence-electron chi connectivity index (χ1n) is 8.50. The van der Waals surface area contributed by atoms with E-state index in [9.17, 15) is 0 Å². The van der Waals surface area contributed by atoms with Gasteiger partial charge in [0.05, 0.1) is 0 Å². The van der Waals surface area contributed by atoms with Gasteiger partial charge in [-0.25, -0.2) is 0 Å². The summed E-state index contributed by atoms with van der Waals surface area (Å²) in [5.74, 6) is 0.958. The van der Waals surface area contributed by atoms with Crippen LogP contribution in [0.5, 0.6) is 0 Å². The van der Waals surface area contributed by atoms with Crippen LogP contribution in [0, 0.1) is 18.5 Å². The molecule has 118 valence electrons. The number of hydrogen-bond donors (Lipinski definition) is 0. The molecule has 3 aliphatic carbocycles. The molecule has 4 atom stereocenters. The van der Waals surface area contributed by atoms with E-state index in [0.29, 0.717) is 16.2 Å². The summed E-state index contributed by atoms with van der Waals surface area (Å²) < 4.78 is 2.69. The maximum Gasteiger partial charge on any atom is 0.0130 e. The van der Waals surface area contributed by atoms with Gasteiger partial charge in [0.15, 0.2) is 0 Å². The van der Waals surface area contributed by atoms with Crippen molar-refractivity contribution < 1.29 is 0 Å². The van der Waals surface area contributed by atoms with Crippen LogP contribution >= 0.6 is 45.2 Å². The smallest absolute Gasteiger partial charge is 0.0130 e. The van der Waals surface area contributed by atoms with Crippen LogP contribution in [0.4, 0.5) is 0 Å². The van der Waals surface area contributed by atoms with Crippen molar-refractivity contribution in [3.63, 3.8) is 0 Å². The van der Waals surface area contributed by atoms with E-state index in [1.165, 1.54) is 32.8 Å². The fourth-order valence-electron chi connectivity index (χ4n) is 5.80. The zero-order chi connectivity index (χ0) is 15.9. The molecule has 3 saturated carbocycles. The van der Waals surface area contributed by atoms with E-state index in [1.807, 2.05) is 0 Å². The first-order chi connectivity index (χ1) is 11.0. The second kappa shape index (κ2) is 4.75. The third-order valence-corrected chi connectivity index (χ3v) is 8.44. The zero-order valence-electron chi connectivity index (χ0n) is 13.3. The van der Waals surface area contributed by atoms with E-state index in [4.69, 9.17) is 0 Å². The minimum absolute atomic E-state index is 0.342. The second-order valence-corrected chi connectivity index (χ2v) is 10.8. The van der Waals surface area contributed by atoms with Crippen molar-refractivity contribution in [1.29, 1.82) is 0 Å². The molecule has 23 heavy (non-hydrogen) atoms. The molecular weight excluding hydrogens is 506 g/mol.